The Labute approximate surface area is 129 Å². The number of halogens is 1. The largest absolute Gasteiger partial charge is 0.458 e. The predicted octanol–water partition coefficient (Wildman–Crippen LogP) is 3.45. The number of allylic oxidation sites excluding steroid dienone is 1. The van der Waals surface area contributed by atoms with E-state index in [-0.39, 0.29) is 13.2 Å². The molecule has 0 saturated heterocycles. The van der Waals surface area contributed by atoms with Crippen LogP contribution in [0.1, 0.15) is 19.4 Å². The van der Waals surface area contributed by atoms with Crippen LogP contribution < -0.4 is 0 Å². The Hall–Kier alpha value is -2.07. The van der Waals surface area contributed by atoms with Gasteiger partial charge in [-0.05, 0) is 37.6 Å². The van der Waals surface area contributed by atoms with Gasteiger partial charge in [0.2, 0.25) is 0 Å². The summed E-state index contributed by atoms with van der Waals surface area (Å²) in [5, 5.41) is 0.615. The Morgan fingerprint density at radius 2 is 1.62 bits per heavy atom. The van der Waals surface area contributed by atoms with Gasteiger partial charge in [-0.15, -0.1) is 0 Å². The second-order valence-corrected chi connectivity index (χ2v) is 4.92. The molecule has 0 aliphatic rings. The highest BCUT2D eigenvalue weighted by Gasteiger charge is 2.01. The van der Waals surface area contributed by atoms with Crippen molar-refractivity contribution in [3.05, 3.63) is 58.7 Å². The normalized spacial score (nSPS) is 10.2. The highest BCUT2D eigenvalue weighted by Crippen LogP contribution is 2.10. The van der Waals surface area contributed by atoms with Crippen LogP contribution in [-0.4, -0.2) is 18.5 Å². The van der Waals surface area contributed by atoms with E-state index in [1.807, 2.05) is 13.8 Å². The van der Waals surface area contributed by atoms with Crippen LogP contribution in [0, 0.1) is 0 Å². The molecule has 0 aromatic heterocycles. The molecule has 0 heterocycles. The van der Waals surface area contributed by atoms with Crippen molar-refractivity contribution in [1.29, 1.82) is 0 Å². The SMILES string of the molecule is CC(C)=CCOC(=O)/C=C/C(=O)OCc1ccc(Cl)cc1. The predicted molar refractivity (Wildman–Crippen MR) is 80.8 cm³/mol. The Morgan fingerprint density at radius 1 is 1.05 bits per heavy atom. The summed E-state index contributed by atoms with van der Waals surface area (Å²) in [6.07, 6.45) is 3.86. The van der Waals surface area contributed by atoms with Crippen molar-refractivity contribution in [3.8, 4) is 0 Å². The van der Waals surface area contributed by atoms with Crippen LogP contribution in [0.25, 0.3) is 0 Å². The third-order valence-corrected chi connectivity index (χ3v) is 2.62. The van der Waals surface area contributed by atoms with E-state index in [2.05, 4.69) is 0 Å². The van der Waals surface area contributed by atoms with Gasteiger partial charge in [0, 0.05) is 17.2 Å². The molecule has 21 heavy (non-hydrogen) atoms. The second-order valence-electron chi connectivity index (χ2n) is 4.48. The summed E-state index contributed by atoms with van der Waals surface area (Å²) in [5.41, 5.74) is 1.86. The molecule has 5 heteroatoms. The van der Waals surface area contributed by atoms with E-state index < -0.39 is 11.9 Å². The Bertz CT molecular complexity index is 540. The molecular weight excluding hydrogens is 292 g/mol. The standard InChI is InChI=1S/C16H17ClO4/c1-12(2)9-10-20-15(18)7-8-16(19)21-11-13-3-5-14(17)6-4-13/h3-9H,10-11H2,1-2H3/b8-7+. The van der Waals surface area contributed by atoms with Gasteiger partial charge in [0.1, 0.15) is 13.2 Å². The van der Waals surface area contributed by atoms with Crippen molar-refractivity contribution in [2.24, 2.45) is 0 Å². The molecule has 1 aromatic rings. The van der Waals surface area contributed by atoms with Crippen molar-refractivity contribution in [2.45, 2.75) is 20.5 Å². The molecule has 0 radical (unpaired) electrons. The third kappa shape index (κ3) is 7.95. The lowest BCUT2D eigenvalue weighted by atomic mass is 10.2. The second kappa shape index (κ2) is 8.97. The lowest BCUT2D eigenvalue weighted by Crippen LogP contribution is -2.04. The maximum absolute atomic E-state index is 11.4. The third-order valence-electron chi connectivity index (χ3n) is 2.37. The summed E-state index contributed by atoms with van der Waals surface area (Å²) >= 11 is 5.75. The number of rotatable bonds is 6. The van der Waals surface area contributed by atoms with Gasteiger partial charge in [-0.25, -0.2) is 9.59 Å². The molecule has 0 aliphatic carbocycles. The average Bonchev–Trinajstić information content (AvgIpc) is 2.44. The van der Waals surface area contributed by atoms with Gasteiger partial charge in [-0.1, -0.05) is 29.3 Å². The Balaban J connectivity index is 2.32. The molecule has 0 spiro atoms. The summed E-state index contributed by atoms with van der Waals surface area (Å²) in [6.45, 7) is 4.11. The summed E-state index contributed by atoms with van der Waals surface area (Å²) < 4.78 is 9.83. The minimum atomic E-state index is -0.607. The zero-order chi connectivity index (χ0) is 15.7. The van der Waals surface area contributed by atoms with E-state index in [1.165, 1.54) is 0 Å². The molecule has 0 saturated carbocycles. The van der Waals surface area contributed by atoms with E-state index in [9.17, 15) is 9.59 Å². The molecule has 0 fully saturated rings. The van der Waals surface area contributed by atoms with Gasteiger partial charge in [0.25, 0.3) is 0 Å². The smallest absolute Gasteiger partial charge is 0.331 e. The van der Waals surface area contributed by atoms with E-state index in [0.717, 1.165) is 23.3 Å². The van der Waals surface area contributed by atoms with Crippen LogP contribution in [-0.2, 0) is 25.7 Å². The molecule has 0 amide bonds. The van der Waals surface area contributed by atoms with Crippen LogP contribution in [0.2, 0.25) is 5.02 Å². The Kier molecular flexibility index (Phi) is 7.26. The lowest BCUT2D eigenvalue weighted by molar-refractivity contribution is -0.140. The van der Waals surface area contributed by atoms with Crippen molar-refractivity contribution >= 4 is 23.5 Å². The topological polar surface area (TPSA) is 52.6 Å². The number of hydrogen-bond donors (Lipinski definition) is 0. The first-order chi connectivity index (χ1) is 9.97. The van der Waals surface area contributed by atoms with Crippen molar-refractivity contribution in [2.75, 3.05) is 6.61 Å². The molecule has 1 rings (SSSR count). The molecule has 0 N–H and O–H groups in total. The van der Waals surface area contributed by atoms with Crippen LogP contribution >= 0.6 is 11.6 Å². The van der Waals surface area contributed by atoms with Crippen molar-refractivity contribution < 1.29 is 19.1 Å². The van der Waals surface area contributed by atoms with E-state index in [0.29, 0.717) is 5.02 Å². The number of benzene rings is 1. The van der Waals surface area contributed by atoms with Crippen LogP contribution in [0.4, 0.5) is 0 Å². The maximum Gasteiger partial charge on any atom is 0.331 e. The fourth-order valence-corrected chi connectivity index (χ4v) is 1.38. The molecule has 1 aromatic carbocycles. The zero-order valence-electron chi connectivity index (χ0n) is 12.0. The molecule has 0 unspecified atom stereocenters. The highest BCUT2D eigenvalue weighted by molar-refractivity contribution is 6.30. The molecular formula is C16H17ClO4. The van der Waals surface area contributed by atoms with Crippen LogP contribution in [0.5, 0.6) is 0 Å². The van der Waals surface area contributed by atoms with E-state index in [1.54, 1.807) is 30.3 Å². The molecule has 0 bridgehead atoms. The first kappa shape index (κ1) is 17.0. The average molecular weight is 309 g/mol. The van der Waals surface area contributed by atoms with Crippen molar-refractivity contribution in [1.82, 2.24) is 0 Å². The van der Waals surface area contributed by atoms with Gasteiger partial charge < -0.3 is 9.47 Å². The summed E-state index contributed by atoms with van der Waals surface area (Å²) in [7, 11) is 0. The van der Waals surface area contributed by atoms with Crippen molar-refractivity contribution in [3.63, 3.8) is 0 Å². The minimum Gasteiger partial charge on any atom is -0.458 e. The molecule has 0 aliphatic heterocycles. The fraction of sp³-hybridized carbons (Fsp3) is 0.250. The number of carbonyl (C=O) groups is 2. The summed E-state index contributed by atoms with van der Waals surface area (Å²) in [5.74, 6) is -1.19. The van der Waals surface area contributed by atoms with Crippen LogP contribution in [0.3, 0.4) is 0 Å². The first-order valence-corrected chi connectivity index (χ1v) is 6.74. The lowest BCUT2D eigenvalue weighted by Gasteiger charge is -2.02. The van der Waals surface area contributed by atoms with E-state index >= 15 is 0 Å². The molecule has 0 atom stereocenters. The molecule has 4 nitrogen and oxygen atoms in total. The van der Waals surface area contributed by atoms with Gasteiger partial charge in [-0.3, -0.25) is 0 Å². The summed E-state index contributed by atoms with van der Waals surface area (Å²) in [4.78, 5) is 22.7. The molecule has 112 valence electrons. The van der Waals surface area contributed by atoms with E-state index in [4.69, 9.17) is 21.1 Å². The minimum absolute atomic E-state index is 0.118. The maximum atomic E-state index is 11.4. The van der Waals surface area contributed by atoms with Gasteiger partial charge >= 0.3 is 11.9 Å². The van der Waals surface area contributed by atoms with Crippen LogP contribution in [0.15, 0.2) is 48.1 Å². The number of ether oxygens (including phenoxy) is 2. The van der Waals surface area contributed by atoms with Gasteiger partial charge in [-0.2, -0.15) is 0 Å². The number of esters is 2. The van der Waals surface area contributed by atoms with Gasteiger partial charge in [0.05, 0.1) is 0 Å². The zero-order valence-corrected chi connectivity index (χ0v) is 12.7. The quantitative estimate of drug-likeness (QED) is 0.459. The van der Waals surface area contributed by atoms with Gasteiger partial charge in [0.15, 0.2) is 0 Å². The Morgan fingerprint density at radius 3 is 2.19 bits per heavy atom. The number of hydrogen-bond acceptors (Lipinski definition) is 4. The summed E-state index contributed by atoms with van der Waals surface area (Å²) in [6, 6.07) is 6.93. The monoisotopic (exact) mass is 308 g/mol. The fourth-order valence-electron chi connectivity index (χ4n) is 1.26. The highest BCUT2D eigenvalue weighted by atomic mass is 35.5. The number of carbonyl (C=O) groups excluding carboxylic acids is 2. The first-order valence-electron chi connectivity index (χ1n) is 6.37.